The lowest BCUT2D eigenvalue weighted by molar-refractivity contribution is 0.649. The third-order valence-electron chi connectivity index (χ3n) is 6.88. The van der Waals surface area contributed by atoms with Crippen molar-refractivity contribution in [3.63, 3.8) is 0 Å². The van der Waals surface area contributed by atoms with Gasteiger partial charge < -0.3 is 0 Å². The molecule has 0 spiro atoms. The molecule has 0 radical (unpaired) electrons. The summed E-state index contributed by atoms with van der Waals surface area (Å²) in [5, 5.41) is 8.76. The molecule has 0 aliphatic heterocycles. The summed E-state index contributed by atoms with van der Waals surface area (Å²) in [6.45, 7) is 4.71. The monoisotopic (exact) mass is 503 g/mol. The third kappa shape index (κ3) is 5.13. The maximum atomic E-state index is 2.47. The molecule has 0 aliphatic rings. The molecule has 0 amide bonds. The Morgan fingerprint density at radius 3 is 1.31 bits per heavy atom. The molecule has 0 nitrogen and oxygen atoms in total. The van der Waals surface area contributed by atoms with Crippen LogP contribution in [-0.2, 0) is 0 Å². The topological polar surface area (TPSA) is 0 Å². The molecule has 5 aromatic carbocycles. The van der Waals surface area contributed by atoms with Crippen molar-refractivity contribution in [3.05, 3.63) is 139 Å². The predicted octanol–water partition coefficient (Wildman–Crippen LogP) is 6.83. The minimum atomic E-state index is -0.642. The summed E-state index contributed by atoms with van der Waals surface area (Å²) >= 11 is 0. The van der Waals surface area contributed by atoms with E-state index >= 15 is 0 Å². The van der Waals surface area contributed by atoms with Gasteiger partial charge in [0.25, 0.3) is 0 Å². The quantitative estimate of drug-likeness (QED) is 0.153. The van der Waals surface area contributed by atoms with Crippen LogP contribution in [0.5, 0.6) is 0 Å². The van der Waals surface area contributed by atoms with E-state index in [0.717, 1.165) is 12.8 Å². The van der Waals surface area contributed by atoms with E-state index in [0.29, 0.717) is 5.92 Å². The molecule has 0 saturated heterocycles. The number of hydrogen-bond acceptors (Lipinski definition) is 0. The van der Waals surface area contributed by atoms with Crippen molar-refractivity contribution in [1.29, 1.82) is 0 Å². The maximum absolute atomic E-state index is 2.47. The van der Waals surface area contributed by atoms with Gasteiger partial charge in [-0.1, -0.05) is 164 Å². The van der Waals surface area contributed by atoms with Crippen molar-refractivity contribution in [3.8, 4) is 0 Å². The zero-order valence-corrected chi connectivity index (χ0v) is 22.9. The lowest BCUT2D eigenvalue weighted by Gasteiger charge is -2.33. The zero-order chi connectivity index (χ0) is 24.7. The second-order valence-electron chi connectivity index (χ2n) is 9.04. The van der Waals surface area contributed by atoms with Crippen molar-refractivity contribution < 1.29 is 0 Å². The molecule has 2 heteroatoms. The lowest BCUT2D eigenvalue weighted by atomic mass is 9.96. The Balaban J connectivity index is 1.77. The van der Waals surface area contributed by atoms with Crippen molar-refractivity contribution in [1.82, 2.24) is 0 Å². The Morgan fingerprint density at radius 1 is 0.528 bits per heavy atom. The third-order valence-corrected chi connectivity index (χ3v) is 11.9. The van der Waals surface area contributed by atoms with Gasteiger partial charge in [-0.3, -0.25) is 0 Å². The fourth-order valence-electron chi connectivity index (χ4n) is 5.14. The van der Waals surface area contributed by atoms with Crippen molar-refractivity contribution in [2.75, 3.05) is 0 Å². The molecule has 0 fully saturated rings. The standard InChI is InChI=1S/C34H33P2/c1-3-27(4-2)34-32(35(28-17-9-5-10-18-28)29-19-11-6-12-20-29)25-26-33(34)36(30-21-13-7-14-22-30)31-23-15-8-16-24-31/h5-27H,3-4H2,1-2H3/q-1. The number of hydrogen-bond donors (Lipinski definition) is 0. The van der Waals surface area contributed by atoms with E-state index in [1.165, 1.54) is 31.8 Å². The van der Waals surface area contributed by atoms with E-state index in [4.69, 9.17) is 0 Å². The van der Waals surface area contributed by atoms with E-state index in [9.17, 15) is 0 Å². The van der Waals surface area contributed by atoms with E-state index in [2.05, 4.69) is 147 Å². The van der Waals surface area contributed by atoms with E-state index < -0.39 is 15.8 Å². The number of rotatable bonds is 9. The van der Waals surface area contributed by atoms with Gasteiger partial charge in [-0.05, 0) is 27.1 Å². The molecule has 0 aliphatic carbocycles. The SMILES string of the molecule is CCC(CC)c1c(P(c2ccccc2)c2ccccc2)cc[c-]1P(c1ccccc1)c1ccccc1. The van der Waals surface area contributed by atoms with Crippen molar-refractivity contribution >= 4 is 47.7 Å². The Bertz CT molecular complexity index is 1160. The highest BCUT2D eigenvalue weighted by molar-refractivity contribution is 7.81. The average Bonchev–Trinajstić information content (AvgIpc) is 3.36. The van der Waals surface area contributed by atoms with Gasteiger partial charge in [-0.15, -0.1) is 10.9 Å². The van der Waals surface area contributed by atoms with Gasteiger partial charge in [0.2, 0.25) is 0 Å². The van der Waals surface area contributed by atoms with E-state index in [1.807, 2.05) is 0 Å². The molecule has 0 atom stereocenters. The zero-order valence-electron chi connectivity index (χ0n) is 21.1. The van der Waals surface area contributed by atoms with Crippen LogP contribution in [0, 0.1) is 0 Å². The van der Waals surface area contributed by atoms with Crippen molar-refractivity contribution in [2.24, 2.45) is 0 Å². The minimum Gasteiger partial charge on any atom is -0.205 e. The fourth-order valence-corrected chi connectivity index (χ4v) is 10.3. The molecular weight excluding hydrogens is 470 g/mol. The lowest BCUT2D eigenvalue weighted by Crippen LogP contribution is -2.28. The molecule has 0 heterocycles. The van der Waals surface area contributed by atoms with Gasteiger partial charge >= 0.3 is 0 Å². The summed E-state index contributed by atoms with van der Waals surface area (Å²) in [7, 11) is -1.28. The van der Waals surface area contributed by atoms with Crippen LogP contribution in [0.15, 0.2) is 133 Å². The summed E-state index contributed by atoms with van der Waals surface area (Å²) < 4.78 is 0. The first-order valence-corrected chi connectivity index (χ1v) is 15.6. The molecule has 0 bridgehead atoms. The Morgan fingerprint density at radius 2 is 0.917 bits per heavy atom. The van der Waals surface area contributed by atoms with Gasteiger partial charge in [0.1, 0.15) is 0 Å². The first-order chi connectivity index (χ1) is 17.8. The van der Waals surface area contributed by atoms with Crippen LogP contribution in [0.25, 0.3) is 0 Å². The van der Waals surface area contributed by atoms with Crippen LogP contribution < -0.4 is 31.8 Å². The highest BCUT2D eigenvalue weighted by Crippen LogP contribution is 2.42. The van der Waals surface area contributed by atoms with E-state index in [1.54, 1.807) is 5.56 Å². The normalized spacial score (nSPS) is 11.5. The summed E-state index contributed by atoms with van der Waals surface area (Å²) in [5.41, 5.74) is 1.60. The predicted molar refractivity (Wildman–Crippen MR) is 163 cm³/mol. The van der Waals surface area contributed by atoms with Gasteiger partial charge in [0, 0.05) is 0 Å². The van der Waals surface area contributed by atoms with Gasteiger partial charge in [0.15, 0.2) is 0 Å². The van der Waals surface area contributed by atoms with Crippen LogP contribution in [0.1, 0.15) is 38.2 Å². The van der Waals surface area contributed by atoms with Crippen LogP contribution >= 0.6 is 15.8 Å². The van der Waals surface area contributed by atoms with Crippen LogP contribution in [-0.4, -0.2) is 0 Å². The minimum absolute atomic E-state index is 0.542. The maximum Gasteiger partial charge on any atom is -0.0269 e. The smallest absolute Gasteiger partial charge is 0.0269 e. The first-order valence-electron chi connectivity index (χ1n) is 12.9. The second-order valence-corrected chi connectivity index (χ2v) is 13.4. The fraction of sp³-hybridized carbons (Fsp3) is 0.147. The summed E-state index contributed by atoms with van der Waals surface area (Å²) in [4.78, 5) is 0. The van der Waals surface area contributed by atoms with Gasteiger partial charge in [-0.25, -0.2) is 6.07 Å². The van der Waals surface area contributed by atoms with E-state index in [-0.39, 0.29) is 0 Å². The summed E-state index contributed by atoms with van der Waals surface area (Å²) in [5.74, 6) is 0.542. The molecule has 0 saturated carbocycles. The summed E-state index contributed by atoms with van der Waals surface area (Å²) in [6, 6.07) is 49.5. The molecule has 5 rings (SSSR count). The van der Waals surface area contributed by atoms with Gasteiger partial charge in [0.05, 0.1) is 0 Å². The molecule has 0 N–H and O–H groups in total. The molecule has 36 heavy (non-hydrogen) atoms. The first kappa shape index (κ1) is 24.8. The van der Waals surface area contributed by atoms with Crippen molar-refractivity contribution in [2.45, 2.75) is 32.6 Å². The van der Waals surface area contributed by atoms with Crippen LogP contribution in [0.2, 0.25) is 0 Å². The van der Waals surface area contributed by atoms with Gasteiger partial charge in [-0.2, -0.15) is 11.4 Å². The Hall–Kier alpha value is -2.91. The largest absolute Gasteiger partial charge is 0.205 e. The number of benzene rings is 4. The Kier molecular flexibility index (Phi) is 8.18. The molecule has 180 valence electrons. The van der Waals surface area contributed by atoms with Crippen LogP contribution in [0.4, 0.5) is 0 Å². The molecule has 5 aromatic rings. The highest BCUT2D eigenvalue weighted by Gasteiger charge is 2.23. The molecule has 0 aromatic heterocycles. The molecule has 0 unspecified atom stereocenters. The summed E-state index contributed by atoms with van der Waals surface area (Å²) in [6.07, 6.45) is 2.31. The second kappa shape index (κ2) is 11.9. The highest BCUT2D eigenvalue weighted by atomic mass is 31.1. The Labute approximate surface area is 218 Å². The molecular formula is C34H33P2-. The van der Waals surface area contributed by atoms with Crippen LogP contribution in [0.3, 0.4) is 0 Å². The average molecular weight is 504 g/mol.